The lowest BCUT2D eigenvalue weighted by Gasteiger charge is -2.25. The fraction of sp³-hybridized carbons (Fsp3) is 0.269. The summed E-state index contributed by atoms with van der Waals surface area (Å²) >= 11 is 1.68. The Balaban J connectivity index is 1.43. The first-order chi connectivity index (χ1) is 17.3. The van der Waals surface area contributed by atoms with E-state index >= 15 is 0 Å². The normalized spacial score (nSPS) is 12.7. The fourth-order valence-corrected chi connectivity index (χ4v) is 5.85. The van der Waals surface area contributed by atoms with E-state index in [9.17, 15) is 17.6 Å². The number of thioether (sulfide) groups is 1. The second kappa shape index (κ2) is 11.7. The minimum Gasteiger partial charge on any atom is -0.486 e. The third kappa shape index (κ3) is 6.50. The zero-order valence-corrected chi connectivity index (χ0v) is 21.4. The van der Waals surface area contributed by atoms with Gasteiger partial charge in [0.2, 0.25) is 5.91 Å². The monoisotopic (exact) mass is 530 g/mol. The van der Waals surface area contributed by atoms with Gasteiger partial charge in [0.25, 0.3) is 10.0 Å². The molecule has 0 radical (unpaired) electrons. The van der Waals surface area contributed by atoms with Crippen LogP contribution in [0.2, 0.25) is 0 Å². The summed E-state index contributed by atoms with van der Waals surface area (Å²) in [6.45, 7) is 2.60. The van der Waals surface area contributed by atoms with Crippen molar-refractivity contribution in [2.24, 2.45) is 0 Å². The van der Waals surface area contributed by atoms with Gasteiger partial charge >= 0.3 is 0 Å². The van der Waals surface area contributed by atoms with Crippen LogP contribution in [-0.2, 0) is 14.8 Å². The van der Waals surface area contributed by atoms with Gasteiger partial charge in [-0.1, -0.05) is 23.8 Å². The van der Waals surface area contributed by atoms with Crippen LogP contribution in [0, 0.1) is 12.7 Å². The number of sulfonamides is 1. The molecule has 0 saturated heterocycles. The Bertz CT molecular complexity index is 1320. The number of nitrogens with zero attached hydrogens (tertiary/aromatic N) is 1. The first-order valence-electron chi connectivity index (χ1n) is 11.5. The molecule has 1 aliphatic rings. The van der Waals surface area contributed by atoms with Crippen molar-refractivity contribution in [2.45, 2.75) is 23.1 Å². The molecule has 0 aromatic heterocycles. The first kappa shape index (κ1) is 25.8. The van der Waals surface area contributed by atoms with Crippen molar-refractivity contribution in [1.82, 2.24) is 5.32 Å². The highest BCUT2D eigenvalue weighted by Gasteiger charge is 2.29. The summed E-state index contributed by atoms with van der Waals surface area (Å²) in [6, 6.07) is 17.6. The second-order valence-corrected chi connectivity index (χ2v) is 11.2. The number of aryl methyl sites for hydroxylation is 1. The van der Waals surface area contributed by atoms with Crippen molar-refractivity contribution >= 4 is 33.4 Å². The lowest BCUT2D eigenvalue weighted by molar-refractivity contribution is -0.119. The van der Waals surface area contributed by atoms with Gasteiger partial charge in [-0.15, -0.1) is 11.8 Å². The Kier molecular flexibility index (Phi) is 8.37. The van der Waals surface area contributed by atoms with Crippen molar-refractivity contribution in [1.29, 1.82) is 0 Å². The predicted molar refractivity (Wildman–Crippen MR) is 138 cm³/mol. The smallest absolute Gasteiger partial charge is 0.264 e. The van der Waals surface area contributed by atoms with Crippen molar-refractivity contribution < 1.29 is 27.1 Å². The van der Waals surface area contributed by atoms with Crippen LogP contribution in [0.1, 0.15) is 12.0 Å². The van der Waals surface area contributed by atoms with Gasteiger partial charge in [-0.25, -0.2) is 12.8 Å². The van der Waals surface area contributed by atoms with Gasteiger partial charge < -0.3 is 14.8 Å². The van der Waals surface area contributed by atoms with Gasteiger partial charge in [0.15, 0.2) is 11.5 Å². The van der Waals surface area contributed by atoms with E-state index in [1.54, 1.807) is 11.8 Å². The summed E-state index contributed by atoms with van der Waals surface area (Å²) in [5.41, 5.74) is 1.25. The molecule has 3 aromatic carbocycles. The Hall–Kier alpha value is -3.24. The number of fused-ring (bicyclic) bond motifs is 1. The minimum atomic E-state index is -4.21. The molecule has 4 rings (SSSR count). The summed E-state index contributed by atoms with van der Waals surface area (Å²) < 4.78 is 52.9. The standard InChI is InChI=1S/C26H27FN2O5S2/c1-19-6-8-22(9-7-19)35-15-3-12-28-26(30)18-29(21-5-2-4-20(27)16-21)36(31,32)23-10-11-24-25(17-23)34-14-13-33-24/h2,4-11,16-17H,3,12-15,18H2,1H3,(H,28,30). The van der Waals surface area contributed by atoms with Crippen LogP contribution in [0.15, 0.2) is 76.5 Å². The highest BCUT2D eigenvalue weighted by molar-refractivity contribution is 7.99. The summed E-state index contributed by atoms with van der Waals surface area (Å²) in [6.07, 6.45) is 0.707. The number of rotatable bonds is 10. The molecule has 0 unspecified atom stereocenters. The van der Waals surface area contributed by atoms with Gasteiger partial charge in [-0.05, 0) is 61.6 Å². The Labute approximate surface area is 214 Å². The number of ether oxygens (including phenoxy) is 2. The molecule has 10 heteroatoms. The molecule has 36 heavy (non-hydrogen) atoms. The van der Waals surface area contributed by atoms with E-state index in [0.717, 1.165) is 21.0 Å². The number of hydrogen-bond donors (Lipinski definition) is 1. The van der Waals surface area contributed by atoms with E-state index in [1.807, 2.05) is 19.1 Å². The van der Waals surface area contributed by atoms with Crippen molar-refractivity contribution in [2.75, 3.05) is 36.4 Å². The molecule has 0 aliphatic carbocycles. The minimum absolute atomic E-state index is 0.0509. The molecule has 7 nitrogen and oxygen atoms in total. The Morgan fingerprint density at radius 3 is 2.53 bits per heavy atom. The molecule has 0 saturated carbocycles. The number of nitrogens with one attached hydrogen (secondary N) is 1. The first-order valence-corrected chi connectivity index (χ1v) is 13.9. The quantitative estimate of drug-likeness (QED) is 0.309. The zero-order valence-electron chi connectivity index (χ0n) is 19.8. The average molecular weight is 531 g/mol. The molecule has 1 amide bonds. The van der Waals surface area contributed by atoms with Crippen LogP contribution in [0.25, 0.3) is 0 Å². The molecule has 1 heterocycles. The van der Waals surface area contributed by atoms with E-state index in [2.05, 4.69) is 17.4 Å². The molecule has 0 fully saturated rings. The number of carbonyl (C=O) groups excluding carboxylic acids is 1. The van der Waals surface area contributed by atoms with E-state index in [4.69, 9.17) is 9.47 Å². The van der Waals surface area contributed by atoms with Gasteiger partial charge in [-0.2, -0.15) is 0 Å². The largest absolute Gasteiger partial charge is 0.486 e. The van der Waals surface area contributed by atoms with Crippen molar-refractivity contribution in [3.63, 3.8) is 0 Å². The summed E-state index contributed by atoms with van der Waals surface area (Å²) in [5.74, 6) is 0.451. The second-order valence-electron chi connectivity index (χ2n) is 8.16. The molecule has 0 atom stereocenters. The Morgan fingerprint density at radius 1 is 1.03 bits per heavy atom. The van der Waals surface area contributed by atoms with Crippen LogP contribution >= 0.6 is 11.8 Å². The van der Waals surface area contributed by atoms with E-state index in [0.29, 0.717) is 37.7 Å². The highest BCUT2D eigenvalue weighted by atomic mass is 32.2. The van der Waals surface area contributed by atoms with Crippen LogP contribution in [-0.4, -0.2) is 46.4 Å². The summed E-state index contributed by atoms with van der Waals surface area (Å²) in [7, 11) is -4.21. The van der Waals surface area contributed by atoms with Gasteiger partial charge in [0, 0.05) is 17.5 Å². The molecule has 1 N–H and O–H groups in total. The highest BCUT2D eigenvalue weighted by Crippen LogP contribution is 2.34. The summed E-state index contributed by atoms with van der Waals surface area (Å²) in [4.78, 5) is 13.8. The lowest BCUT2D eigenvalue weighted by Crippen LogP contribution is -2.41. The Morgan fingerprint density at radius 2 is 1.78 bits per heavy atom. The van der Waals surface area contributed by atoms with Crippen molar-refractivity contribution in [3.05, 3.63) is 78.1 Å². The molecule has 0 bridgehead atoms. The number of hydrogen-bond acceptors (Lipinski definition) is 6. The van der Waals surface area contributed by atoms with Crippen LogP contribution in [0.5, 0.6) is 11.5 Å². The number of carbonyl (C=O) groups is 1. The van der Waals surface area contributed by atoms with Crippen LogP contribution < -0.4 is 19.1 Å². The molecular weight excluding hydrogens is 503 g/mol. The molecular formula is C26H27FN2O5S2. The number of halogens is 1. The average Bonchev–Trinajstić information content (AvgIpc) is 2.87. The number of amides is 1. The van der Waals surface area contributed by atoms with Crippen LogP contribution in [0.3, 0.4) is 0 Å². The molecule has 0 spiro atoms. The van der Waals surface area contributed by atoms with Gasteiger partial charge in [0.1, 0.15) is 25.6 Å². The van der Waals surface area contributed by atoms with Gasteiger partial charge in [-0.3, -0.25) is 9.10 Å². The third-order valence-electron chi connectivity index (χ3n) is 5.42. The topological polar surface area (TPSA) is 84.9 Å². The maximum Gasteiger partial charge on any atom is 0.264 e. The number of anilines is 1. The maximum atomic E-state index is 14.0. The van der Waals surface area contributed by atoms with Crippen LogP contribution in [0.4, 0.5) is 10.1 Å². The predicted octanol–water partition coefficient (Wildman–Crippen LogP) is 4.40. The van der Waals surface area contributed by atoms with E-state index < -0.39 is 28.3 Å². The maximum absolute atomic E-state index is 14.0. The summed E-state index contributed by atoms with van der Waals surface area (Å²) in [5, 5.41) is 2.77. The molecule has 190 valence electrons. The number of benzene rings is 3. The SMILES string of the molecule is Cc1ccc(SCCCNC(=O)CN(c2cccc(F)c2)S(=O)(=O)c2ccc3c(c2)OCCO3)cc1. The van der Waals surface area contributed by atoms with Gasteiger partial charge in [0.05, 0.1) is 10.6 Å². The molecule has 3 aromatic rings. The van der Waals surface area contributed by atoms with E-state index in [1.165, 1.54) is 42.0 Å². The van der Waals surface area contributed by atoms with Crippen molar-refractivity contribution in [3.8, 4) is 11.5 Å². The lowest BCUT2D eigenvalue weighted by atomic mass is 10.2. The molecule has 1 aliphatic heterocycles. The fourth-order valence-electron chi connectivity index (χ4n) is 3.57. The third-order valence-corrected chi connectivity index (χ3v) is 8.29. The zero-order chi connectivity index (χ0) is 25.5. The van der Waals surface area contributed by atoms with E-state index in [-0.39, 0.29) is 10.6 Å².